The van der Waals surface area contributed by atoms with Gasteiger partial charge in [-0.2, -0.15) is 0 Å². The van der Waals surface area contributed by atoms with Crippen molar-refractivity contribution >= 4 is 11.6 Å². The summed E-state index contributed by atoms with van der Waals surface area (Å²) in [4.78, 5) is 0. The van der Waals surface area contributed by atoms with Crippen LogP contribution in [0.15, 0.2) is 48.5 Å². The van der Waals surface area contributed by atoms with Crippen molar-refractivity contribution in [2.45, 2.75) is 19.5 Å². The van der Waals surface area contributed by atoms with Crippen LogP contribution in [0.3, 0.4) is 0 Å². The standard InChI is InChI=1S/C15H15ClFN/c1-11(14-8-7-13(17)9-15(14)16)18-10-12-5-3-2-4-6-12/h2-9,11,18H,10H2,1H3. The molecule has 0 aromatic heterocycles. The molecule has 18 heavy (non-hydrogen) atoms. The maximum atomic E-state index is 13.0. The summed E-state index contributed by atoms with van der Waals surface area (Å²) in [6.07, 6.45) is 0. The van der Waals surface area contributed by atoms with E-state index in [0.717, 1.165) is 12.1 Å². The van der Waals surface area contributed by atoms with Gasteiger partial charge in [-0.05, 0) is 30.2 Å². The van der Waals surface area contributed by atoms with Crippen LogP contribution in [0.2, 0.25) is 5.02 Å². The summed E-state index contributed by atoms with van der Waals surface area (Å²) in [7, 11) is 0. The van der Waals surface area contributed by atoms with Gasteiger partial charge in [0.1, 0.15) is 5.82 Å². The minimum atomic E-state index is -0.306. The topological polar surface area (TPSA) is 12.0 Å². The minimum Gasteiger partial charge on any atom is -0.306 e. The molecular formula is C15H15ClFN. The number of hydrogen-bond donors (Lipinski definition) is 1. The SMILES string of the molecule is CC(NCc1ccccc1)c1ccc(F)cc1Cl. The van der Waals surface area contributed by atoms with Gasteiger partial charge in [0.25, 0.3) is 0 Å². The summed E-state index contributed by atoms with van der Waals surface area (Å²) in [5.41, 5.74) is 2.12. The van der Waals surface area contributed by atoms with E-state index in [9.17, 15) is 4.39 Å². The first-order valence-corrected chi connectivity index (χ1v) is 6.27. The third kappa shape index (κ3) is 3.31. The van der Waals surface area contributed by atoms with E-state index < -0.39 is 0 Å². The number of halogens is 2. The van der Waals surface area contributed by atoms with Crippen LogP contribution in [-0.4, -0.2) is 0 Å². The molecule has 2 rings (SSSR count). The van der Waals surface area contributed by atoms with Crippen molar-refractivity contribution in [2.24, 2.45) is 0 Å². The van der Waals surface area contributed by atoms with Gasteiger partial charge in [0.2, 0.25) is 0 Å². The lowest BCUT2D eigenvalue weighted by molar-refractivity contribution is 0.571. The molecule has 1 nitrogen and oxygen atoms in total. The van der Waals surface area contributed by atoms with E-state index in [-0.39, 0.29) is 11.9 Å². The fourth-order valence-electron chi connectivity index (χ4n) is 1.83. The molecule has 94 valence electrons. The molecule has 1 N–H and O–H groups in total. The van der Waals surface area contributed by atoms with E-state index in [1.54, 1.807) is 6.07 Å². The molecule has 2 aromatic carbocycles. The van der Waals surface area contributed by atoms with Crippen LogP contribution in [0.1, 0.15) is 24.1 Å². The monoisotopic (exact) mass is 263 g/mol. The summed E-state index contributed by atoms with van der Waals surface area (Å²) in [6.45, 7) is 2.78. The van der Waals surface area contributed by atoms with E-state index in [2.05, 4.69) is 17.4 Å². The molecule has 0 spiro atoms. The van der Waals surface area contributed by atoms with E-state index in [1.165, 1.54) is 17.7 Å². The lowest BCUT2D eigenvalue weighted by Gasteiger charge is -2.15. The zero-order valence-corrected chi connectivity index (χ0v) is 10.9. The van der Waals surface area contributed by atoms with E-state index >= 15 is 0 Å². The summed E-state index contributed by atoms with van der Waals surface area (Å²) in [5.74, 6) is -0.306. The molecule has 1 unspecified atom stereocenters. The van der Waals surface area contributed by atoms with Crippen LogP contribution >= 0.6 is 11.6 Å². The molecule has 0 heterocycles. The Kier molecular flexibility index (Phi) is 4.34. The Bertz CT molecular complexity index is 513. The van der Waals surface area contributed by atoms with Crippen molar-refractivity contribution in [1.29, 1.82) is 0 Å². The Hall–Kier alpha value is -1.38. The smallest absolute Gasteiger partial charge is 0.124 e. The lowest BCUT2D eigenvalue weighted by atomic mass is 10.1. The molecule has 3 heteroatoms. The van der Waals surface area contributed by atoms with Crippen LogP contribution in [0.5, 0.6) is 0 Å². The van der Waals surface area contributed by atoms with Gasteiger partial charge in [0, 0.05) is 17.6 Å². The van der Waals surface area contributed by atoms with Gasteiger partial charge in [-0.1, -0.05) is 48.0 Å². The van der Waals surface area contributed by atoms with Gasteiger partial charge in [-0.3, -0.25) is 0 Å². The summed E-state index contributed by atoms with van der Waals surface area (Å²) in [5, 5.41) is 3.83. The second-order valence-electron chi connectivity index (χ2n) is 4.25. The van der Waals surface area contributed by atoms with E-state index in [0.29, 0.717) is 5.02 Å². The van der Waals surface area contributed by atoms with Crippen LogP contribution < -0.4 is 5.32 Å². The molecule has 0 aliphatic rings. The number of benzene rings is 2. The van der Waals surface area contributed by atoms with Crippen molar-refractivity contribution in [3.63, 3.8) is 0 Å². The Morgan fingerprint density at radius 2 is 1.89 bits per heavy atom. The van der Waals surface area contributed by atoms with Crippen LogP contribution in [-0.2, 0) is 6.54 Å². The molecule has 0 radical (unpaired) electrons. The predicted molar refractivity (Wildman–Crippen MR) is 73.1 cm³/mol. The molecule has 0 aliphatic heterocycles. The van der Waals surface area contributed by atoms with Crippen molar-refractivity contribution < 1.29 is 4.39 Å². The minimum absolute atomic E-state index is 0.0818. The fourth-order valence-corrected chi connectivity index (χ4v) is 2.16. The normalized spacial score (nSPS) is 12.4. The summed E-state index contributed by atoms with van der Waals surface area (Å²) < 4.78 is 13.0. The van der Waals surface area contributed by atoms with Crippen molar-refractivity contribution in [2.75, 3.05) is 0 Å². The first-order valence-electron chi connectivity index (χ1n) is 5.89. The first-order chi connectivity index (χ1) is 8.66. The Balaban J connectivity index is 2.01. The maximum Gasteiger partial charge on any atom is 0.124 e. The van der Waals surface area contributed by atoms with Gasteiger partial charge in [-0.25, -0.2) is 4.39 Å². The zero-order valence-electron chi connectivity index (χ0n) is 10.2. The molecule has 2 aromatic rings. The predicted octanol–water partition coefficient (Wildman–Crippen LogP) is 4.33. The molecular weight excluding hydrogens is 249 g/mol. The van der Waals surface area contributed by atoms with Gasteiger partial charge in [0.05, 0.1) is 0 Å². The quantitative estimate of drug-likeness (QED) is 0.866. The summed E-state index contributed by atoms with van der Waals surface area (Å²) >= 11 is 6.03. The second-order valence-corrected chi connectivity index (χ2v) is 4.66. The highest BCUT2D eigenvalue weighted by molar-refractivity contribution is 6.31. The fraction of sp³-hybridized carbons (Fsp3) is 0.200. The van der Waals surface area contributed by atoms with Crippen LogP contribution in [0.25, 0.3) is 0 Å². The van der Waals surface area contributed by atoms with Gasteiger partial charge in [0.15, 0.2) is 0 Å². The zero-order chi connectivity index (χ0) is 13.0. The number of nitrogens with one attached hydrogen (secondary N) is 1. The Morgan fingerprint density at radius 3 is 2.56 bits per heavy atom. The van der Waals surface area contributed by atoms with Crippen LogP contribution in [0, 0.1) is 5.82 Å². The van der Waals surface area contributed by atoms with Gasteiger partial charge < -0.3 is 5.32 Å². The molecule has 0 saturated heterocycles. The van der Waals surface area contributed by atoms with E-state index in [4.69, 9.17) is 11.6 Å². The van der Waals surface area contributed by atoms with Gasteiger partial charge in [-0.15, -0.1) is 0 Å². The van der Waals surface area contributed by atoms with E-state index in [1.807, 2.05) is 25.1 Å². The molecule has 0 aliphatic carbocycles. The molecule has 0 amide bonds. The summed E-state index contributed by atoms with van der Waals surface area (Å²) in [6, 6.07) is 14.7. The average Bonchev–Trinajstić information content (AvgIpc) is 2.37. The number of hydrogen-bond acceptors (Lipinski definition) is 1. The maximum absolute atomic E-state index is 13.0. The Labute approximate surface area is 112 Å². The van der Waals surface area contributed by atoms with Crippen molar-refractivity contribution in [3.05, 3.63) is 70.5 Å². The van der Waals surface area contributed by atoms with Crippen molar-refractivity contribution in [1.82, 2.24) is 5.32 Å². The first kappa shape index (κ1) is 13.1. The molecule has 0 fully saturated rings. The highest BCUT2D eigenvalue weighted by Gasteiger charge is 2.09. The third-order valence-electron chi connectivity index (χ3n) is 2.88. The van der Waals surface area contributed by atoms with Gasteiger partial charge >= 0.3 is 0 Å². The Morgan fingerprint density at radius 1 is 1.17 bits per heavy atom. The highest BCUT2D eigenvalue weighted by atomic mass is 35.5. The lowest BCUT2D eigenvalue weighted by Crippen LogP contribution is -2.18. The molecule has 1 atom stereocenters. The second kappa shape index (κ2) is 5.98. The molecule has 0 bridgehead atoms. The van der Waals surface area contributed by atoms with Crippen molar-refractivity contribution in [3.8, 4) is 0 Å². The highest BCUT2D eigenvalue weighted by Crippen LogP contribution is 2.23. The largest absolute Gasteiger partial charge is 0.306 e. The average molecular weight is 264 g/mol. The van der Waals surface area contributed by atoms with Crippen LogP contribution in [0.4, 0.5) is 4.39 Å². The third-order valence-corrected chi connectivity index (χ3v) is 3.21. The number of rotatable bonds is 4. The molecule has 0 saturated carbocycles.